The molecule has 0 bridgehead atoms. The number of aromatic nitrogens is 4. The van der Waals surface area contributed by atoms with Gasteiger partial charge in [-0.15, -0.1) is 16.8 Å². The van der Waals surface area contributed by atoms with E-state index in [0.717, 1.165) is 17.1 Å². The van der Waals surface area contributed by atoms with Crippen LogP contribution in [0.25, 0.3) is 11.4 Å². The maximum absolute atomic E-state index is 12.8. The van der Waals surface area contributed by atoms with Crippen molar-refractivity contribution in [3.8, 4) is 11.4 Å². The van der Waals surface area contributed by atoms with Gasteiger partial charge in [0, 0.05) is 37.2 Å². The van der Waals surface area contributed by atoms with Crippen LogP contribution in [0.2, 0.25) is 0 Å². The Balaban J connectivity index is 1.81. The lowest BCUT2D eigenvalue weighted by molar-refractivity contribution is -0.117. The third-order valence-corrected chi connectivity index (χ3v) is 5.14. The lowest BCUT2D eigenvalue weighted by Crippen LogP contribution is -2.33. The van der Waals surface area contributed by atoms with Crippen LogP contribution in [0.3, 0.4) is 0 Å². The van der Waals surface area contributed by atoms with Crippen molar-refractivity contribution in [3.63, 3.8) is 0 Å². The summed E-state index contributed by atoms with van der Waals surface area (Å²) in [5.41, 5.74) is 1.78. The minimum Gasteiger partial charge on any atom is -0.315 e. The number of amides is 1. The number of pyridine rings is 1. The third kappa shape index (κ3) is 4.25. The molecule has 0 N–H and O–H groups in total. The first-order valence-corrected chi connectivity index (χ1v) is 9.43. The van der Waals surface area contributed by atoms with Gasteiger partial charge < -0.3 is 4.90 Å². The molecule has 6 nitrogen and oxygen atoms in total. The van der Waals surface area contributed by atoms with Gasteiger partial charge in [0.25, 0.3) is 0 Å². The standard InChI is InChI=1S/C20H21N5OS/c1-4-14-25-18(16-10-12-21-13-11-16)22-23-20(25)27-15(2)19(26)24(3)17-8-6-5-7-9-17/h4-13,15H,1,14H2,2-3H3/t15-/m0/s1. The molecule has 3 rings (SSSR count). The van der Waals surface area contributed by atoms with Crippen molar-refractivity contribution in [2.24, 2.45) is 0 Å². The van der Waals surface area contributed by atoms with E-state index in [9.17, 15) is 4.79 Å². The Hall–Kier alpha value is -2.93. The second-order valence-electron chi connectivity index (χ2n) is 5.93. The van der Waals surface area contributed by atoms with Crippen molar-refractivity contribution in [3.05, 3.63) is 67.5 Å². The van der Waals surface area contributed by atoms with Gasteiger partial charge in [-0.1, -0.05) is 36.0 Å². The summed E-state index contributed by atoms with van der Waals surface area (Å²) in [6, 6.07) is 13.4. The van der Waals surface area contributed by atoms with E-state index in [4.69, 9.17) is 0 Å². The molecule has 138 valence electrons. The van der Waals surface area contributed by atoms with Crippen LogP contribution in [0.5, 0.6) is 0 Å². The first kappa shape index (κ1) is 18.8. The van der Waals surface area contributed by atoms with E-state index >= 15 is 0 Å². The first-order chi connectivity index (χ1) is 13.1. The first-order valence-electron chi connectivity index (χ1n) is 8.55. The van der Waals surface area contributed by atoms with E-state index in [0.29, 0.717) is 11.7 Å². The smallest absolute Gasteiger partial charge is 0.240 e. The topological polar surface area (TPSA) is 63.9 Å². The highest BCUT2D eigenvalue weighted by atomic mass is 32.2. The van der Waals surface area contributed by atoms with E-state index in [1.54, 1.807) is 30.4 Å². The highest BCUT2D eigenvalue weighted by Gasteiger charge is 2.23. The van der Waals surface area contributed by atoms with Gasteiger partial charge in [0.05, 0.1) is 5.25 Å². The number of thioether (sulfide) groups is 1. The third-order valence-electron chi connectivity index (χ3n) is 4.07. The molecule has 7 heteroatoms. The molecule has 0 spiro atoms. The van der Waals surface area contributed by atoms with Crippen molar-refractivity contribution in [2.75, 3.05) is 11.9 Å². The van der Waals surface area contributed by atoms with Crippen molar-refractivity contribution < 1.29 is 4.79 Å². The minimum absolute atomic E-state index is 0.00446. The van der Waals surface area contributed by atoms with Crippen LogP contribution in [-0.4, -0.2) is 38.0 Å². The van der Waals surface area contributed by atoms with E-state index in [1.807, 2.05) is 54.0 Å². The number of carbonyl (C=O) groups excluding carboxylic acids is 1. The molecule has 0 radical (unpaired) electrons. The fourth-order valence-electron chi connectivity index (χ4n) is 2.64. The number of nitrogens with zero attached hydrogens (tertiary/aromatic N) is 5. The summed E-state index contributed by atoms with van der Waals surface area (Å²) in [5.74, 6) is 0.737. The minimum atomic E-state index is -0.312. The zero-order valence-corrected chi connectivity index (χ0v) is 16.1. The monoisotopic (exact) mass is 379 g/mol. The van der Waals surface area contributed by atoms with Crippen LogP contribution in [0.4, 0.5) is 5.69 Å². The lowest BCUT2D eigenvalue weighted by atomic mass is 10.2. The molecule has 0 saturated heterocycles. The molecule has 0 aliphatic carbocycles. The predicted molar refractivity (Wildman–Crippen MR) is 109 cm³/mol. The molecule has 0 unspecified atom stereocenters. The summed E-state index contributed by atoms with van der Waals surface area (Å²) in [6.45, 7) is 6.26. The summed E-state index contributed by atoms with van der Waals surface area (Å²) >= 11 is 1.39. The predicted octanol–water partition coefficient (Wildman–Crippen LogP) is 3.67. The van der Waals surface area contributed by atoms with Crippen LogP contribution < -0.4 is 4.90 Å². The fourth-order valence-corrected chi connectivity index (χ4v) is 3.60. The quantitative estimate of drug-likeness (QED) is 0.463. The van der Waals surface area contributed by atoms with Crippen LogP contribution in [-0.2, 0) is 11.3 Å². The summed E-state index contributed by atoms with van der Waals surface area (Å²) in [6.07, 6.45) is 5.23. The number of allylic oxidation sites excluding steroid dienone is 1. The van der Waals surface area contributed by atoms with Gasteiger partial charge in [0.1, 0.15) is 0 Å². The number of hydrogen-bond donors (Lipinski definition) is 0. The number of carbonyl (C=O) groups is 1. The summed E-state index contributed by atoms with van der Waals surface area (Å²) < 4.78 is 1.96. The number of para-hydroxylation sites is 1. The van der Waals surface area contributed by atoms with Crippen molar-refractivity contribution >= 4 is 23.4 Å². The molecule has 0 aliphatic rings. The highest BCUT2D eigenvalue weighted by molar-refractivity contribution is 8.00. The molecule has 0 saturated carbocycles. The van der Waals surface area contributed by atoms with Crippen molar-refractivity contribution in [1.29, 1.82) is 0 Å². The van der Waals surface area contributed by atoms with E-state index < -0.39 is 0 Å². The van der Waals surface area contributed by atoms with Crippen LogP contribution in [0, 0.1) is 0 Å². The molecular weight excluding hydrogens is 358 g/mol. The molecular formula is C20H21N5OS. The molecule has 0 aliphatic heterocycles. The Morgan fingerprint density at radius 2 is 1.93 bits per heavy atom. The average Bonchev–Trinajstić information content (AvgIpc) is 3.10. The lowest BCUT2D eigenvalue weighted by Gasteiger charge is -2.21. The van der Waals surface area contributed by atoms with Gasteiger partial charge in [-0.05, 0) is 31.2 Å². The SMILES string of the molecule is C=CCn1c(S[C@@H](C)C(=O)N(C)c2ccccc2)nnc1-c1ccncc1. The Labute approximate surface area is 163 Å². The van der Waals surface area contributed by atoms with Crippen molar-refractivity contribution in [2.45, 2.75) is 23.9 Å². The maximum Gasteiger partial charge on any atom is 0.240 e. The zero-order valence-electron chi connectivity index (χ0n) is 15.3. The molecule has 27 heavy (non-hydrogen) atoms. The Kier molecular flexibility index (Phi) is 6.03. The Bertz CT molecular complexity index is 911. The van der Waals surface area contributed by atoms with E-state index in [1.165, 1.54) is 11.8 Å². The molecule has 1 aromatic carbocycles. The molecule has 1 atom stereocenters. The van der Waals surface area contributed by atoms with Crippen LogP contribution >= 0.6 is 11.8 Å². The number of benzene rings is 1. The molecule has 3 aromatic rings. The maximum atomic E-state index is 12.8. The van der Waals surface area contributed by atoms with Gasteiger partial charge >= 0.3 is 0 Å². The number of anilines is 1. The van der Waals surface area contributed by atoms with Gasteiger partial charge in [-0.2, -0.15) is 0 Å². The largest absolute Gasteiger partial charge is 0.315 e. The summed E-state index contributed by atoms with van der Waals surface area (Å²) in [4.78, 5) is 18.5. The normalized spacial score (nSPS) is 11.8. The molecule has 1 amide bonds. The Morgan fingerprint density at radius 1 is 1.22 bits per heavy atom. The van der Waals surface area contributed by atoms with E-state index in [-0.39, 0.29) is 11.2 Å². The van der Waals surface area contributed by atoms with Gasteiger partial charge in [0.2, 0.25) is 5.91 Å². The van der Waals surface area contributed by atoms with Crippen LogP contribution in [0.1, 0.15) is 6.92 Å². The summed E-state index contributed by atoms with van der Waals surface area (Å²) in [7, 11) is 1.78. The average molecular weight is 379 g/mol. The molecule has 0 fully saturated rings. The van der Waals surface area contributed by atoms with Crippen molar-refractivity contribution in [1.82, 2.24) is 19.7 Å². The number of hydrogen-bond acceptors (Lipinski definition) is 5. The number of rotatable bonds is 7. The zero-order chi connectivity index (χ0) is 19.2. The van der Waals surface area contributed by atoms with E-state index in [2.05, 4.69) is 21.8 Å². The Morgan fingerprint density at radius 3 is 2.59 bits per heavy atom. The van der Waals surface area contributed by atoms with Crippen LogP contribution in [0.15, 0.2) is 72.7 Å². The molecule has 2 heterocycles. The highest BCUT2D eigenvalue weighted by Crippen LogP contribution is 2.28. The fraction of sp³-hybridized carbons (Fsp3) is 0.200. The van der Waals surface area contributed by atoms with Gasteiger partial charge in [0.15, 0.2) is 11.0 Å². The van der Waals surface area contributed by atoms with Gasteiger partial charge in [-0.3, -0.25) is 14.3 Å². The second kappa shape index (κ2) is 8.64. The van der Waals surface area contributed by atoms with Gasteiger partial charge in [-0.25, -0.2) is 0 Å². The molecule has 2 aromatic heterocycles. The summed E-state index contributed by atoms with van der Waals surface area (Å²) in [5, 5.41) is 8.99. The second-order valence-corrected chi connectivity index (χ2v) is 7.24.